The van der Waals surface area contributed by atoms with Crippen molar-refractivity contribution >= 4 is 26.8 Å². The average Bonchev–Trinajstić information content (AvgIpc) is 2.77. The molecule has 1 aromatic carbocycles. The van der Waals surface area contributed by atoms with Gasteiger partial charge in [-0.2, -0.15) is 0 Å². The van der Waals surface area contributed by atoms with Gasteiger partial charge in [-0.05, 0) is 48.9 Å². The summed E-state index contributed by atoms with van der Waals surface area (Å²) in [6.45, 7) is 2.29. The van der Waals surface area contributed by atoms with Crippen molar-refractivity contribution in [2.45, 2.75) is 51.9 Å². The fraction of sp³-hybridized carbons (Fsp3) is 0.529. The van der Waals surface area contributed by atoms with Crippen LogP contribution >= 0.6 is 15.9 Å². The highest BCUT2D eigenvalue weighted by Crippen LogP contribution is 2.34. The van der Waals surface area contributed by atoms with Crippen molar-refractivity contribution in [1.29, 1.82) is 0 Å². The molecule has 2 heteroatoms. The number of hydrogen-bond donors (Lipinski definition) is 1. The first kappa shape index (κ1) is 13.2. The number of aromatic amines is 1. The number of rotatable bonds is 4. The van der Waals surface area contributed by atoms with E-state index in [1.54, 1.807) is 5.56 Å². The minimum atomic E-state index is 0.900. The molecule has 0 saturated carbocycles. The monoisotopic (exact) mass is 319 g/mol. The zero-order valence-electron chi connectivity index (χ0n) is 11.6. The quantitative estimate of drug-likeness (QED) is 0.704. The van der Waals surface area contributed by atoms with E-state index >= 15 is 0 Å². The third-order valence-corrected chi connectivity index (χ3v) is 4.96. The lowest BCUT2D eigenvalue weighted by Gasteiger charge is -2.22. The van der Waals surface area contributed by atoms with Crippen molar-refractivity contribution in [1.82, 2.24) is 4.98 Å². The fourth-order valence-corrected chi connectivity index (χ4v) is 3.75. The minimum Gasteiger partial charge on any atom is -0.358 e. The predicted molar refractivity (Wildman–Crippen MR) is 85.7 cm³/mol. The first-order valence-electron chi connectivity index (χ1n) is 7.57. The normalized spacial score (nSPS) is 18.7. The average molecular weight is 320 g/mol. The molecule has 0 radical (unpaired) electrons. The highest BCUT2D eigenvalue weighted by atomic mass is 79.9. The summed E-state index contributed by atoms with van der Waals surface area (Å²) in [6, 6.07) is 6.60. The second-order valence-electron chi connectivity index (χ2n) is 5.88. The number of hydrogen-bond acceptors (Lipinski definition) is 0. The molecule has 102 valence electrons. The van der Waals surface area contributed by atoms with Crippen LogP contribution in [0, 0.1) is 5.92 Å². The Balaban J connectivity index is 1.82. The molecule has 0 aliphatic heterocycles. The largest absolute Gasteiger partial charge is 0.358 e. The molecule has 0 fully saturated rings. The molecule has 2 aromatic rings. The lowest BCUT2D eigenvalue weighted by molar-refractivity contribution is 0.408. The van der Waals surface area contributed by atoms with Gasteiger partial charge in [0, 0.05) is 21.1 Å². The molecule has 1 aromatic heterocycles. The van der Waals surface area contributed by atoms with Crippen molar-refractivity contribution in [2.75, 3.05) is 0 Å². The molecule has 1 aliphatic rings. The van der Waals surface area contributed by atoms with E-state index in [1.807, 2.05) is 0 Å². The van der Waals surface area contributed by atoms with E-state index in [0.29, 0.717) is 0 Å². The Morgan fingerprint density at radius 3 is 3.05 bits per heavy atom. The summed E-state index contributed by atoms with van der Waals surface area (Å²) in [4.78, 5) is 3.61. The summed E-state index contributed by atoms with van der Waals surface area (Å²) >= 11 is 3.60. The second-order valence-corrected chi connectivity index (χ2v) is 6.79. The predicted octanol–water partition coefficient (Wildman–Crippen LogP) is 5.62. The molecule has 1 heterocycles. The molecule has 3 rings (SSSR count). The van der Waals surface area contributed by atoms with Crippen LogP contribution < -0.4 is 0 Å². The van der Waals surface area contributed by atoms with Gasteiger partial charge < -0.3 is 4.98 Å². The van der Waals surface area contributed by atoms with Gasteiger partial charge in [0.2, 0.25) is 0 Å². The van der Waals surface area contributed by atoms with Gasteiger partial charge >= 0.3 is 0 Å². The number of unbranched alkanes of at least 4 members (excludes halogenated alkanes) is 2. The summed E-state index contributed by atoms with van der Waals surface area (Å²) in [5.41, 5.74) is 4.38. The maximum atomic E-state index is 3.61. The van der Waals surface area contributed by atoms with E-state index in [9.17, 15) is 0 Å². The molecule has 1 unspecified atom stereocenters. The van der Waals surface area contributed by atoms with Crippen molar-refractivity contribution in [3.8, 4) is 0 Å². The third kappa shape index (κ3) is 2.74. The van der Waals surface area contributed by atoms with Crippen molar-refractivity contribution in [2.24, 2.45) is 5.92 Å². The Hall–Kier alpha value is -0.760. The summed E-state index contributed by atoms with van der Waals surface area (Å²) in [7, 11) is 0. The SMILES string of the molecule is CCCCCC1CCc2[nH]c3ccc(Br)cc3c2C1. The standard InChI is InChI=1S/C17H22BrN/c1-2-3-4-5-12-6-8-16-14(10-12)15-11-13(18)7-9-17(15)19-16/h7,9,11-12,19H,2-6,8,10H2,1H3. The van der Waals surface area contributed by atoms with E-state index in [4.69, 9.17) is 0 Å². The van der Waals surface area contributed by atoms with Crippen LogP contribution in [0.1, 0.15) is 50.3 Å². The smallest absolute Gasteiger partial charge is 0.0459 e. The lowest BCUT2D eigenvalue weighted by Crippen LogP contribution is -2.13. The summed E-state index contributed by atoms with van der Waals surface area (Å²) in [5, 5.41) is 1.43. The summed E-state index contributed by atoms with van der Waals surface area (Å²) < 4.78 is 1.19. The molecule has 0 spiro atoms. The van der Waals surface area contributed by atoms with E-state index < -0.39 is 0 Å². The summed E-state index contributed by atoms with van der Waals surface area (Å²) in [5.74, 6) is 0.900. The Morgan fingerprint density at radius 2 is 2.21 bits per heavy atom. The topological polar surface area (TPSA) is 15.8 Å². The number of fused-ring (bicyclic) bond motifs is 3. The number of aromatic nitrogens is 1. The number of halogens is 1. The molecule has 0 bridgehead atoms. The van der Waals surface area contributed by atoms with Crippen LogP contribution in [0.15, 0.2) is 22.7 Å². The van der Waals surface area contributed by atoms with Crippen molar-refractivity contribution in [3.63, 3.8) is 0 Å². The van der Waals surface area contributed by atoms with Crippen LogP contribution in [0.2, 0.25) is 0 Å². The van der Waals surface area contributed by atoms with Crippen LogP contribution in [-0.2, 0) is 12.8 Å². The van der Waals surface area contributed by atoms with Gasteiger partial charge in [-0.15, -0.1) is 0 Å². The number of aryl methyl sites for hydroxylation is 1. The van der Waals surface area contributed by atoms with Crippen LogP contribution in [0.4, 0.5) is 0 Å². The minimum absolute atomic E-state index is 0.900. The van der Waals surface area contributed by atoms with Crippen LogP contribution in [0.5, 0.6) is 0 Å². The van der Waals surface area contributed by atoms with Gasteiger partial charge in [0.25, 0.3) is 0 Å². The number of nitrogens with one attached hydrogen (secondary N) is 1. The van der Waals surface area contributed by atoms with E-state index in [-0.39, 0.29) is 0 Å². The van der Waals surface area contributed by atoms with Crippen LogP contribution in [0.25, 0.3) is 10.9 Å². The number of benzene rings is 1. The van der Waals surface area contributed by atoms with Gasteiger partial charge in [0.1, 0.15) is 0 Å². The van der Waals surface area contributed by atoms with E-state index in [2.05, 4.69) is 46.0 Å². The Morgan fingerprint density at radius 1 is 1.32 bits per heavy atom. The Kier molecular flexibility index (Phi) is 3.97. The maximum absolute atomic E-state index is 3.61. The molecule has 0 saturated heterocycles. The third-order valence-electron chi connectivity index (χ3n) is 4.47. The van der Waals surface area contributed by atoms with Crippen molar-refractivity contribution in [3.05, 3.63) is 33.9 Å². The molecule has 1 atom stereocenters. The van der Waals surface area contributed by atoms with Gasteiger partial charge in [-0.3, -0.25) is 0 Å². The van der Waals surface area contributed by atoms with Gasteiger partial charge in [-0.25, -0.2) is 0 Å². The van der Waals surface area contributed by atoms with E-state index in [0.717, 1.165) is 5.92 Å². The highest BCUT2D eigenvalue weighted by molar-refractivity contribution is 9.10. The maximum Gasteiger partial charge on any atom is 0.0459 e. The molecule has 19 heavy (non-hydrogen) atoms. The Bertz CT molecular complexity index is 570. The Labute approximate surface area is 123 Å². The second kappa shape index (κ2) is 5.70. The highest BCUT2D eigenvalue weighted by Gasteiger charge is 2.22. The number of H-pyrrole nitrogens is 1. The molecular formula is C17H22BrN. The first-order valence-corrected chi connectivity index (χ1v) is 8.36. The molecular weight excluding hydrogens is 298 g/mol. The van der Waals surface area contributed by atoms with E-state index in [1.165, 1.54) is 66.0 Å². The van der Waals surface area contributed by atoms with Crippen LogP contribution in [-0.4, -0.2) is 4.98 Å². The van der Waals surface area contributed by atoms with Crippen LogP contribution in [0.3, 0.4) is 0 Å². The molecule has 1 nitrogen and oxygen atoms in total. The first-order chi connectivity index (χ1) is 9.28. The lowest BCUT2D eigenvalue weighted by atomic mass is 9.83. The molecule has 1 N–H and O–H groups in total. The van der Waals surface area contributed by atoms with Gasteiger partial charge in [0.15, 0.2) is 0 Å². The fourth-order valence-electron chi connectivity index (χ4n) is 3.39. The van der Waals surface area contributed by atoms with Crippen molar-refractivity contribution < 1.29 is 0 Å². The zero-order chi connectivity index (χ0) is 13.2. The molecule has 0 amide bonds. The molecule has 1 aliphatic carbocycles. The van der Waals surface area contributed by atoms with Gasteiger partial charge in [0.05, 0.1) is 0 Å². The summed E-state index contributed by atoms with van der Waals surface area (Å²) in [6.07, 6.45) is 9.41. The van der Waals surface area contributed by atoms with Gasteiger partial charge in [-0.1, -0.05) is 48.5 Å². The zero-order valence-corrected chi connectivity index (χ0v) is 13.2.